The number of rotatable bonds is 19. The maximum atomic E-state index is 12.3. The van der Waals surface area contributed by atoms with Crippen LogP contribution in [0.3, 0.4) is 0 Å². The van der Waals surface area contributed by atoms with Crippen molar-refractivity contribution in [2.24, 2.45) is 16.7 Å². The molecule has 0 radical (unpaired) electrons. The SMILES string of the molecule is C.CCC(C)(C)CC(CC(C)c1ccc(C)cc1)c1ccc(CBr)cc1.CCC(C)(C)CC(CC(C)c1ccc(C)cc1)c1ccc(CCC(C)C(=O)OC(C)(C)C)cc1. The predicted octanol–water partition coefficient (Wildman–Crippen LogP) is 17.6. The summed E-state index contributed by atoms with van der Waals surface area (Å²) in [4.78, 5) is 12.3. The molecule has 2 nitrogen and oxygen atoms in total. The van der Waals surface area contributed by atoms with Crippen LogP contribution in [-0.2, 0) is 21.3 Å². The molecule has 4 rings (SSSR count). The van der Waals surface area contributed by atoms with Gasteiger partial charge in [0.05, 0.1) is 5.92 Å². The molecule has 0 saturated heterocycles. The number of halogens is 1. The first kappa shape index (κ1) is 53.0. The van der Waals surface area contributed by atoms with Crippen molar-refractivity contribution in [2.75, 3.05) is 0 Å². The summed E-state index contributed by atoms with van der Waals surface area (Å²) in [6, 6.07) is 36.5. The van der Waals surface area contributed by atoms with E-state index in [1.165, 1.54) is 76.6 Å². The normalized spacial score (nSPS) is 14.4. The molecule has 0 N–H and O–H groups in total. The van der Waals surface area contributed by atoms with Gasteiger partial charge in [-0.2, -0.15) is 0 Å². The Bertz CT molecular complexity index is 1790. The molecule has 0 spiro atoms. The number of hydrogen-bond acceptors (Lipinski definition) is 2. The lowest BCUT2D eigenvalue weighted by Crippen LogP contribution is -2.27. The molecule has 0 bridgehead atoms. The van der Waals surface area contributed by atoms with Crippen molar-refractivity contribution >= 4 is 21.9 Å². The van der Waals surface area contributed by atoms with Gasteiger partial charge in [-0.3, -0.25) is 4.79 Å². The zero-order valence-electron chi connectivity index (χ0n) is 39.7. The van der Waals surface area contributed by atoms with Crippen LogP contribution in [0.2, 0.25) is 0 Å². The number of aryl methyl sites for hydroxylation is 3. The minimum Gasteiger partial charge on any atom is -0.460 e. The molecule has 3 heteroatoms. The van der Waals surface area contributed by atoms with E-state index >= 15 is 0 Å². The van der Waals surface area contributed by atoms with E-state index < -0.39 is 5.60 Å². The van der Waals surface area contributed by atoms with E-state index in [0.29, 0.717) is 34.5 Å². The molecule has 5 unspecified atom stereocenters. The summed E-state index contributed by atoms with van der Waals surface area (Å²) >= 11 is 3.56. The molecule has 332 valence electrons. The van der Waals surface area contributed by atoms with Crippen molar-refractivity contribution < 1.29 is 9.53 Å². The lowest BCUT2D eigenvalue weighted by Gasteiger charge is -2.31. The molecule has 5 atom stereocenters. The highest BCUT2D eigenvalue weighted by Gasteiger charge is 2.27. The average molecular weight is 882 g/mol. The summed E-state index contributed by atoms with van der Waals surface area (Å²) in [5.74, 6) is 2.04. The van der Waals surface area contributed by atoms with Crippen molar-refractivity contribution in [3.63, 3.8) is 0 Å². The fourth-order valence-electron chi connectivity index (χ4n) is 7.95. The van der Waals surface area contributed by atoms with Crippen molar-refractivity contribution in [1.82, 2.24) is 0 Å². The fourth-order valence-corrected chi connectivity index (χ4v) is 8.33. The van der Waals surface area contributed by atoms with Gasteiger partial charge in [-0.15, -0.1) is 0 Å². The van der Waals surface area contributed by atoms with Gasteiger partial charge in [0.25, 0.3) is 0 Å². The summed E-state index contributed by atoms with van der Waals surface area (Å²) in [5.41, 5.74) is 11.4. The molecule has 0 aromatic heterocycles. The van der Waals surface area contributed by atoms with Gasteiger partial charge in [0.15, 0.2) is 0 Å². The number of alkyl halides is 1. The Morgan fingerprint density at radius 1 is 0.567 bits per heavy atom. The Kier molecular flexibility index (Phi) is 21.6. The number of carbonyl (C=O) groups is 1. The van der Waals surface area contributed by atoms with Gasteiger partial charge in [-0.25, -0.2) is 0 Å². The van der Waals surface area contributed by atoms with Crippen LogP contribution in [0.25, 0.3) is 0 Å². The summed E-state index contributed by atoms with van der Waals surface area (Å²) in [6.07, 6.45) is 8.91. The summed E-state index contributed by atoms with van der Waals surface area (Å²) in [6.45, 7) is 31.0. The first-order valence-corrected chi connectivity index (χ1v) is 23.9. The third kappa shape index (κ3) is 18.4. The lowest BCUT2D eigenvalue weighted by atomic mass is 9.74. The first-order chi connectivity index (χ1) is 27.6. The van der Waals surface area contributed by atoms with E-state index in [1.807, 2.05) is 27.7 Å². The predicted molar refractivity (Wildman–Crippen MR) is 267 cm³/mol. The van der Waals surface area contributed by atoms with Crippen LogP contribution in [0.4, 0.5) is 0 Å². The Morgan fingerprint density at radius 2 is 0.917 bits per heavy atom. The van der Waals surface area contributed by atoms with Crippen LogP contribution in [0, 0.1) is 30.6 Å². The molecule has 0 amide bonds. The van der Waals surface area contributed by atoms with E-state index in [2.05, 4.69) is 182 Å². The highest BCUT2D eigenvalue weighted by Crippen LogP contribution is 2.41. The third-order valence-electron chi connectivity index (χ3n) is 12.8. The highest BCUT2D eigenvalue weighted by molar-refractivity contribution is 9.08. The van der Waals surface area contributed by atoms with Crippen LogP contribution in [0.15, 0.2) is 97.1 Å². The Morgan fingerprint density at radius 3 is 1.25 bits per heavy atom. The second-order valence-corrected chi connectivity index (χ2v) is 21.1. The van der Waals surface area contributed by atoms with Crippen LogP contribution >= 0.6 is 15.9 Å². The second-order valence-electron chi connectivity index (χ2n) is 20.5. The molecule has 0 heterocycles. The largest absolute Gasteiger partial charge is 0.460 e. The van der Waals surface area contributed by atoms with Gasteiger partial charge in [-0.1, -0.05) is 207 Å². The van der Waals surface area contributed by atoms with Gasteiger partial charge >= 0.3 is 5.97 Å². The second kappa shape index (κ2) is 24.5. The molecule has 60 heavy (non-hydrogen) atoms. The molecule has 4 aromatic carbocycles. The monoisotopic (exact) mass is 881 g/mol. The van der Waals surface area contributed by atoms with Crippen LogP contribution in [-0.4, -0.2) is 11.6 Å². The first-order valence-electron chi connectivity index (χ1n) is 22.7. The third-order valence-corrected chi connectivity index (χ3v) is 13.5. The molecule has 0 aliphatic rings. The fraction of sp³-hybridized carbons (Fsp3) is 0.561. The molecular weight excluding hydrogens is 797 g/mol. The lowest BCUT2D eigenvalue weighted by molar-refractivity contribution is -0.159. The zero-order chi connectivity index (χ0) is 44.0. The van der Waals surface area contributed by atoms with E-state index in [9.17, 15) is 4.79 Å². The molecule has 4 aromatic rings. The van der Waals surface area contributed by atoms with Gasteiger partial charge in [0.2, 0.25) is 0 Å². The van der Waals surface area contributed by atoms with E-state index in [-0.39, 0.29) is 19.3 Å². The average Bonchev–Trinajstić information content (AvgIpc) is 3.19. The molecule has 0 saturated carbocycles. The van der Waals surface area contributed by atoms with Gasteiger partial charge in [0, 0.05) is 5.33 Å². The maximum absolute atomic E-state index is 12.3. The number of hydrogen-bond donors (Lipinski definition) is 0. The Labute approximate surface area is 378 Å². The minimum atomic E-state index is -0.427. The van der Waals surface area contributed by atoms with E-state index in [0.717, 1.165) is 24.6 Å². The van der Waals surface area contributed by atoms with Gasteiger partial charge in [-0.05, 0) is 141 Å². The number of esters is 1. The van der Waals surface area contributed by atoms with Crippen molar-refractivity contribution in [2.45, 2.75) is 190 Å². The van der Waals surface area contributed by atoms with Crippen molar-refractivity contribution in [3.8, 4) is 0 Å². The number of carbonyl (C=O) groups excluding carboxylic acids is 1. The molecule has 0 fully saturated rings. The smallest absolute Gasteiger partial charge is 0.309 e. The van der Waals surface area contributed by atoms with E-state index in [4.69, 9.17) is 4.74 Å². The summed E-state index contributed by atoms with van der Waals surface area (Å²) < 4.78 is 5.54. The van der Waals surface area contributed by atoms with Crippen molar-refractivity contribution in [3.05, 3.63) is 142 Å². The highest BCUT2D eigenvalue weighted by atomic mass is 79.9. The standard InChI is InChI=1S/C32H48O2.C24H33Br.CH4/c1-10-32(8,9)22-29(21-25(4)27-17-11-23(2)12-18-27)28-19-15-26(16-20-28)14-13-24(3)30(33)34-31(5,6)7;1-6-24(4,5)16-23(22-13-9-20(17-25)10-14-22)15-19(3)21-11-7-18(2)8-12-21;/h11-12,15-20,24-25,29H,10,13-14,21-22H2,1-9H3;7-14,19,23H,6,15-17H2,1-5H3;1H4. The number of ether oxygens (including phenoxy) is 1. The molecular formula is C57H85BrO2. The van der Waals surface area contributed by atoms with E-state index in [1.54, 1.807) is 0 Å². The maximum Gasteiger partial charge on any atom is 0.309 e. The van der Waals surface area contributed by atoms with Gasteiger partial charge in [0.1, 0.15) is 5.60 Å². The Balaban J connectivity index is 0.000000425. The zero-order valence-corrected chi connectivity index (χ0v) is 41.3. The van der Waals surface area contributed by atoms with Gasteiger partial charge < -0.3 is 4.74 Å². The quantitative estimate of drug-likeness (QED) is 0.0693. The summed E-state index contributed by atoms with van der Waals surface area (Å²) in [7, 11) is 0. The summed E-state index contributed by atoms with van der Waals surface area (Å²) in [5, 5.41) is 0.929. The molecule has 0 aliphatic carbocycles. The van der Waals surface area contributed by atoms with Crippen LogP contribution in [0.5, 0.6) is 0 Å². The topological polar surface area (TPSA) is 26.3 Å². The van der Waals surface area contributed by atoms with Crippen molar-refractivity contribution in [1.29, 1.82) is 0 Å². The van der Waals surface area contributed by atoms with Crippen LogP contribution < -0.4 is 0 Å². The van der Waals surface area contributed by atoms with Crippen LogP contribution in [0.1, 0.15) is 204 Å². The Hall–Kier alpha value is -3.17. The number of benzene rings is 4. The minimum absolute atomic E-state index is 0. The molecule has 0 aliphatic heterocycles.